The lowest BCUT2D eigenvalue weighted by Crippen LogP contribution is -2.41. The van der Waals surface area contributed by atoms with Crippen LogP contribution in [0.4, 0.5) is 13.2 Å². The second-order valence-corrected chi connectivity index (χ2v) is 5.33. The Kier molecular flexibility index (Phi) is 5.25. The Balaban J connectivity index is 1.97. The summed E-state index contributed by atoms with van der Waals surface area (Å²) < 4.78 is 42.3. The number of rotatable bonds is 5. The normalized spacial score (nSPS) is 19.7. The van der Waals surface area contributed by atoms with Gasteiger partial charge in [0.2, 0.25) is 5.91 Å². The van der Waals surface area contributed by atoms with E-state index in [-0.39, 0.29) is 13.0 Å². The average molecular weight is 330 g/mol. The molecule has 0 aliphatic carbocycles. The third kappa shape index (κ3) is 4.69. The predicted octanol–water partition coefficient (Wildman–Crippen LogP) is 1.65. The van der Waals surface area contributed by atoms with Gasteiger partial charge in [0, 0.05) is 20.1 Å². The second-order valence-electron chi connectivity index (χ2n) is 5.33. The Labute approximate surface area is 131 Å². The third-order valence-corrected chi connectivity index (χ3v) is 3.51. The Morgan fingerprint density at radius 2 is 2.04 bits per heavy atom. The van der Waals surface area contributed by atoms with Crippen molar-refractivity contribution in [1.82, 2.24) is 10.2 Å². The highest BCUT2D eigenvalue weighted by molar-refractivity contribution is 5.85. The molecule has 5 nitrogen and oxygen atoms in total. The molecule has 2 atom stereocenters. The Bertz CT molecular complexity index is 563. The molecule has 1 aromatic carbocycles. The summed E-state index contributed by atoms with van der Waals surface area (Å²) in [5.41, 5.74) is 0.629. The van der Waals surface area contributed by atoms with Crippen molar-refractivity contribution < 1.29 is 27.5 Å². The van der Waals surface area contributed by atoms with E-state index in [1.54, 1.807) is 30.3 Å². The molecular formula is C15H17F3N2O3. The van der Waals surface area contributed by atoms with Gasteiger partial charge in [0.15, 0.2) is 6.10 Å². The first-order valence-electron chi connectivity index (χ1n) is 7.03. The van der Waals surface area contributed by atoms with E-state index in [1.807, 2.05) is 0 Å². The molecule has 1 aromatic rings. The molecule has 1 saturated heterocycles. The lowest BCUT2D eigenvalue weighted by molar-refractivity contribution is -0.157. The van der Waals surface area contributed by atoms with Crippen LogP contribution in [0.5, 0.6) is 0 Å². The number of carbonyl (C=O) groups is 2. The fourth-order valence-electron chi connectivity index (χ4n) is 2.54. The van der Waals surface area contributed by atoms with Crippen molar-refractivity contribution in [2.45, 2.75) is 24.7 Å². The molecule has 2 amide bonds. The van der Waals surface area contributed by atoms with Crippen molar-refractivity contribution in [1.29, 1.82) is 0 Å². The molecular weight excluding hydrogens is 313 g/mol. The molecule has 1 fully saturated rings. The molecule has 23 heavy (non-hydrogen) atoms. The van der Waals surface area contributed by atoms with Crippen molar-refractivity contribution in [2.75, 3.05) is 20.2 Å². The van der Waals surface area contributed by atoms with E-state index in [0.29, 0.717) is 10.5 Å². The lowest BCUT2D eigenvalue weighted by Gasteiger charge is -2.20. The van der Waals surface area contributed by atoms with Gasteiger partial charge in [-0.3, -0.25) is 9.59 Å². The molecule has 8 heteroatoms. The van der Waals surface area contributed by atoms with Gasteiger partial charge < -0.3 is 15.0 Å². The Morgan fingerprint density at radius 1 is 1.39 bits per heavy atom. The van der Waals surface area contributed by atoms with Gasteiger partial charge in [-0.05, 0) is 5.56 Å². The minimum absolute atomic E-state index is 0.146. The number of benzene rings is 1. The summed E-state index contributed by atoms with van der Waals surface area (Å²) >= 11 is 0. The van der Waals surface area contributed by atoms with Gasteiger partial charge in [0.05, 0.1) is 6.04 Å². The lowest BCUT2D eigenvalue weighted by atomic mass is 10.1. The van der Waals surface area contributed by atoms with Gasteiger partial charge >= 0.3 is 6.18 Å². The second kappa shape index (κ2) is 6.99. The van der Waals surface area contributed by atoms with Gasteiger partial charge in [-0.2, -0.15) is 13.2 Å². The van der Waals surface area contributed by atoms with Crippen LogP contribution >= 0.6 is 0 Å². The number of carbonyl (C=O) groups excluding carboxylic acids is 2. The van der Waals surface area contributed by atoms with E-state index >= 15 is 0 Å². The molecule has 1 aliphatic rings. The molecule has 0 unspecified atom stereocenters. The first-order chi connectivity index (χ1) is 10.8. The van der Waals surface area contributed by atoms with Crippen LogP contribution in [0.15, 0.2) is 30.3 Å². The average Bonchev–Trinajstić information content (AvgIpc) is 2.78. The number of nitrogens with zero attached hydrogens (tertiary/aromatic N) is 1. The van der Waals surface area contributed by atoms with Crippen LogP contribution in [0, 0.1) is 0 Å². The minimum Gasteiger partial charge on any atom is -0.367 e. The number of ether oxygens (including phenoxy) is 1. The standard InChI is InChI=1S/C15H17F3N2O3/c1-23-13(10-5-3-2-4-6-10)14(22)19-11-7-12(21)20(8-11)9-15(16,17)18/h2-6,11,13H,7-9H2,1H3,(H,19,22)/t11-,13-/m0/s1. The van der Waals surface area contributed by atoms with Crippen LogP contribution in [0.1, 0.15) is 18.1 Å². The van der Waals surface area contributed by atoms with Gasteiger partial charge in [0.1, 0.15) is 6.54 Å². The van der Waals surface area contributed by atoms with Crippen LogP contribution in [-0.4, -0.2) is 49.1 Å². The van der Waals surface area contributed by atoms with Crippen LogP contribution in [0.2, 0.25) is 0 Å². The zero-order valence-electron chi connectivity index (χ0n) is 12.5. The number of likely N-dealkylation sites (tertiary alicyclic amines) is 1. The summed E-state index contributed by atoms with van der Waals surface area (Å²) in [7, 11) is 1.37. The number of nitrogens with one attached hydrogen (secondary N) is 1. The number of alkyl halides is 3. The van der Waals surface area contributed by atoms with E-state index in [4.69, 9.17) is 4.74 Å². The van der Waals surface area contributed by atoms with Crippen molar-refractivity contribution in [3.63, 3.8) is 0 Å². The summed E-state index contributed by atoms with van der Waals surface area (Å²) in [6, 6.07) is 8.06. The zero-order chi connectivity index (χ0) is 17.0. The first-order valence-corrected chi connectivity index (χ1v) is 7.03. The van der Waals surface area contributed by atoms with E-state index in [2.05, 4.69) is 5.32 Å². The summed E-state index contributed by atoms with van der Waals surface area (Å²) in [5, 5.41) is 2.58. The van der Waals surface area contributed by atoms with Crippen molar-refractivity contribution in [2.24, 2.45) is 0 Å². The fourth-order valence-corrected chi connectivity index (χ4v) is 2.54. The molecule has 1 aliphatic heterocycles. The molecule has 0 spiro atoms. The van der Waals surface area contributed by atoms with Crippen molar-refractivity contribution in [3.05, 3.63) is 35.9 Å². The quantitative estimate of drug-likeness (QED) is 0.893. The maximum Gasteiger partial charge on any atom is 0.406 e. The summed E-state index contributed by atoms with van der Waals surface area (Å²) in [5.74, 6) is -1.10. The largest absolute Gasteiger partial charge is 0.406 e. The summed E-state index contributed by atoms with van der Waals surface area (Å²) in [6.07, 6.45) is -5.47. The van der Waals surface area contributed by atoms with Gasteiger partial charge in [0.25, 0.3) is 5.91 Å². The number of amides is 2. The molecule has 0 bridgehead atoms. The maximum absolute atomic E-state index is 12.4. The number of hydrogen-bond donors (Lipinski definition) is 1. The highest BCUT2D eigenvalue weighted by atomic mass is 19.4. The van der Waals surface area contributed by atoms with Gasteiger partial charge in [-0.15, -0.1) is 0 Å². The predicted molar refractivity (Wildman–Crippen MR) is 75.4 cm³/mol. The van der Waals surface area contributed by atoms with E-state index < -0.39 is 36.7 Å². The summed E-state index contributed by atoms with van der Waals surface area (Å²) in [4.78, 5) is 24.5. The molecule has 0 aromatic heterocycles. The molecule has 126 valence electrons. The third-order valence-electron chi connectivity index (χ3n) is 3.51. The van der Waals surface area contributed by atoms with E-state index in [9.17, 15) is 22.8 Å². The molecule has 0 saturated carbocycles. The first kappa shape index (κ1) is 17.3. The van der Waals surface area contributed by atoms with Crippen LogP contribution in [0.25, 0.3) is 0 Å². The van der Waals surface area contributed by atoms with E-state index in [1.165, 1.54) is 7.11 Å². The Morgan fingerprint density at radius 3 is 2.61 bits per heavy atom. The number of hydrogen-bond acceptors (Lipinski definition) is 3. The van der Waals surface area contributed by atoms with E-state index in [0.717, 1.165) is 0 Å². The summed E-state index contributed by atoms with van der Waals surface area (Å²) in [6.45, 7) is -1.46. The number of methoxy groups -OCH3 is 1. The fraction of sp³-hybridized carbons (Fsp3) is 0.467. The van der Waals surface area contributed by atoms with Crippen molar-refractivity contribution >= 4 is 11.8 Å². The van der Waals surface area contributed by atoms with Crippen LogP contribution < -0.4 is 5.32 Å². The topological polar surface area (TPSA) is 58.6 Å². The molecule has 0 radical (unpaired) electrons. The highest BCUT2D eigenvalue weighted by Crippen LogP contribution is 2.22. The number of halogens is 3. The maximum atomic E-state index is 12.4. The smallest absolute Gasteiger partial charge is 0.367 e. The zero-order valence-corrected chi connectivity index (χ0v) is 12.5. The highest BCUT2D eigenvalue weighted by Gasteiger charge is 2.39. The van der Waals surface area contributed by atoms with Crippen molar-refractivity contribution in [3.8, 4) is 0 Å². The van der Waals surface area contributed by atoms with Crippen LogP contribution in [-0.2, 0) is 14.3 Å². The van der Waals surface area contributed by atoms with Gasteiger partial charge in [-0.25, -0.2) is 0 Å². The molecule has 1 heterocycles. The van der Waals surface area contributed by atoms with Crippen LogP contribution in [0.3, 0.4) is 0 Å². The minimum atomic E-state index is -4.45. The Hall–Kier alpha value is -2.09. The SMILES string of the molecule is CO[C@H](C(=O)N[C@H]1CC(=O)N(CC(F)(F)F)C1)c1ccccc1. The monoisotopic (exact) mass is 330 g/mol. The van der Waals surface area contributed by atoms with Gasteiger partial charge in [-0.1, -0.05) is 30.3 Å². The molecule has 1 N–H and O–H groups in total. The molecule has 2 rings (SSSR count).